The summed E-state index contributed by atoms with van der Waals surface area (Å²) >= 11 is 7.80. The number of nitrogens with one attached hydrogen (secondary N) is 1. The van der Waals surface area contributed by atoms with E-state index in [2.05, 4.69) is 56.1 Å². The van der Waals surface area contributed by atoms with Crippen molar-refractivity contribution in [1.82, 2.24) is 9.88 Å². The third-order valence-electron chi connectivity index (χ3n) is 7.29. The molecule has 0 spiro atoms. The Morgan fingerprint density at radius 2 is 1.81 bits per heavy atom. The van der Waals surface area contributed by atoms with Crippen LogP contribution < -0.4 is 15.6 Å². The van der Waals surface area contributed by atoms with Crippen LogP contribution in [0, 0.1) is 6.92 Å². The molecule has 0 radical (unpaired) electrons. The number of methoxy groups -OCH3 is 1. The van der Waals surface area contributed by atoms with Crippen molar-refractivity contribution in [3.8, 4) is 16.9 Å². The van der Waals surface area contributed by atoms with E-state index in [-0.39, 0.29) is 18.2 Å². The maximum absolute atomic E-state index is 13.8. The van der Waals surface area contributed by atoms with Crippen molar-refractivity contribution in [1.29, 1.82) is 0 Å². The Kier molecular flexibility index (Phi) is 10.0. The number of thiophene rings is 1. The second-order valence-electron chi connectivity index (χ2n) is 13.3. The van der Waals surface area contributed by atoms with Crippen molar-refractivity contribution in [2.24, 2.45) is 0 Å². The van der Waals surface area contributed by atoms with Crippen molar-refractivity contribution in [2.45, 2.75) is 78.6 Å². The first-order chi connectivity index (χ1) is 20.1. The van der Waals surface area contributed by atoms with E-state index >= 15 is 0 Å². The smallest absolute Gasteiger partial charge is 0.407 e. The minimum atomic E-state index is -1.28. The lowest BCUT2D eigenvalue weighted by atomic mass is 9.92. The fourth-order valence-corrected chi connectivity index (χ4v) is 7.00. The van der Waals surface area contributed by atoms with Crippen LogP contribution in [-0.4, -0.2) is 44.6 Å². The number of amides is 1. The lowest BCUT2D eigenvalue weighted by Crippen LogP contribution is -2.34. The average molecular weight is 643 g/mol. The van der Waals surface area contributed by atoms with Gasteiger partial charge in [-0.05, 0) is 68.5 Å². The Morgan fingerprint density at radius 3 is 2.42 bits per heavy atom. The van der Waals surface area contributed by atoms with Crippen molar-refractivity contribution in [3.63, 3.8) is 0 Å². The zero-order valence-corrected chi connectivity index (χ0v) is 29.2. The third-order valence-corrected chi connectivity index (χ3v) is 10.2. The Labute approximate surface area is 264 Å². The summed E-state index contributed by atoms with van der Waals surface area (Å²) in [6.45, 7) is 17.7. The summed E-state index contributed by atoms with van der Waals surface area (Å²) in [5.74, 6) is 0.782. The summed E-state index contributed by atoms with van der Waals surface area (Å²) in [6, 6.07) is 13.1. The number of fused-ring (bicyclic) bond motifs is 3. The number of hydrogen-bond donors (Lipinski definition) is 1. The summed E-state index contributed by atoms with van der Waals surface area (Å²) in [7, 11) is 0.379. The van der Waals surface area contributed by atoms with E-state index in [1.165, 1.54) is 11.3 Å². The molecular weight excluding hydrogens is 600 g/mol. The Morgan fingerprint density at radius 1 is 1.14 bits per heavy atom. The van der Waals surface area contributed by atoms with Crippen LogP contribution in [0.2, 0.25) is 30.0 Å². The first kappa shape index (κ1) is 33.0. The molecule has 0 aliphatic rings. The quantitative estimate of drug-likeness (QED) is 0.138. The molecule has 4 aromatic rings. The van der Waals surface area contributed by atoms with Crippen LogP contribution in [0.1, 0.15) is 44.7 Å². The van der Waals surface area contributed by atoms with Crippen molar-refractivity contribution in [2.75, 3.05) is 20.3 Å². The van der Waals surface area contributed by atoms with Gasteiger partial charge in [0.05, 0.1) is 17.0 Å². The molecule has 0 saturated carbocycles. The molecule has 43 heavy (non-hydrogen) atoms. The number of rotatable bonds is 10. The number of nitrogens with zero attached hydrogens (tertiary/aromatic N) is 1. The summed E-state index contributed by atoms with van der Waals surface area (Å²) in [4.78, 5) is 25.9. The maximum Gasteiger partial charge on any atom is 0.407 e. The second-order valence-corrected chi connectivity index (χ2v) is 20.6. The van der Waals surface area contributed by atoms with E-state index in [1.54, 1.807) is 11.7 Å². The lowest BCUT2D eigenvalue weighted by molar-refractivity contribution is 0.0525. The van der Waals surface area contributed by atoms with Crippen LogP contribution in [0.3, 0.4) is 0 Å². The number of halogens is 1. The van der Waals surface area contributed by atoms with Crippen LogP contribution in [0.25, 0.3) is 32.1 Å². The molecule has 0 unspecified atom stereocenters. The highest BCUT2D eigenvalue weighted by atomic mass is 35.5. The molecule has 1 atom stereocenters. The Bertz CT molecular complexity index is 1680. The molecular formula is C33H43ClN2O5SSi. The second kappa shape index (κ2) is 13.0. The van der Waals surface area contributed by atoms with Gasteiger partial charge in [-0.1, -0.05) is 62.4 Å². The Hall–Kier alpha value is -2.85. The fraction of sp³-hybridized carbons (Fsp3) is 0.455. The van der Waals surface area contributed by atoms with E-state index in [9.17, 15) is 9.59 Å². The number of alkyl carbamates (subject to hydrolysis) is 1. The standard InChI is InChI=1S/C33H43ClN2O5SSi/c1-20-16-25(39-6)27(23-12-10-22(11-13-23)21(2)18-35-32(38)41-33(3,4)5)28-24-17-26(34)42-30(24)31(37)36(29(20)28)19-40-14-15-43(7,8)9/h10-13,16-17,21H,14-15,18-19H2,1-9H3,(H,35,38)/t21-/m0/s1. The number of carbonyl (C=O) groups is 1. The van der Waals surface area contributed by atoms with E-state index in [0.717, 1.165) is 44.6 Å². The molecule has 10 heteroatoms. The summed E-state index contributed by atoms with van der Waals surface area (Å²) in [6.07, 6.45) is -0.430. The predicted octanol–water partition coefficient (Wildman–Crippen LogP) is 8.79. The molecule has 7 nitrogen and oxygen atoms in total. The lowest BCUT2D eigenvalue weighted by Gasteiger charge is -2.21. The molecule has 0 fully saturated rings. The molecule has 2 aromatic heterocycles. The van der Waals surface area contributed by atoms with Gasteiger partial charge in [0, 0.05) is 37.6 Å². The van der Waals surface area contributed by atoms with Gasteiger partial charge >= 0.3 is 6.09 Å². The fourth-order valence-electron chi connectivity index (χ4n) is 5.07. The van der Waals surface area contributed by atoms with Crippen molar-refractivity contribution in [3.05, 3.63) is 62.2 Å². The number of benzene rings is 2. The molecule has 0 aliphatic carbocycles. The Balaban J connectivity index is 1.78. The highest BCUT2D eigenvalue weighted by Gasteiger charge is 2.23. The average Bonchev–Trinajstić information content (AvgIpc) is 3.31. The molecule has 2 heterocycles. The van der Waals surface area contributed by atoms with Gasteiger partial charge in [0.15, 0.2) is 0 Å². The van der Waals surface area contributed by atoms with E-state index in [1.807, 2.05) is 39.8 Å². The molecule has 232 valence electrons. The van der Waals surface area contributed by atoms with Crippen LogP contribution >= 0.6 is 22.9 Å². The van der Waals surface area contributed by atoms with E-state index in [0.29, 0.717) is 27.9 Å². The molecule has 0 bridgehead atoms. The van der Waals surface area contributed by atoms with Crippen LogP contribution in [0.5, 0.6) is 5.75 Å². The highest BCUT2D eigenvalue weighted by Crippen LogP contribution is 2.44. The summed E-state index contributed by atoms with van der Waals surface area (Å²) in [5, 5.41) is 4.58. The SMILES string of the molecule is COc1cc(C)c2c(c1-c1ccc([C@@H](C)CNC(=O)OC(C)(C)C)cc1)c1cc(Cl)sc1c(=O)n2COCC[Si](C)(C)C. The first-order valence-electron chi connectivity index (χ1n) is 14.6. The number of aromatic nitrogens is 1. The van der Waals surface area contributed by atoms with Gasteiger partial charge in [-0.3, -0.25) is 9.36 Å². The third kappa shape index (κ3) is 7.81. The molecule has 0 aliphatic heterocycles. The number of ether oxygens (including phenoxy) is 3. The van der Waals surface area contributed by atoms with Gasteiger partial charge in [-0.2, -0.15) is 0 Å². The van der Waals surface area contributed by atoms with Gasteiger partial charge in [-0.25, -0.2) is 4.79 Å². The predicted molar refractivity (Wildman–Crippen MR) is 182 cm³/mol. The van der Waals surface area contributed by atoms with Gasteiger partial charge in [-0.15, -0.1) is 11.3 Å². The molecule has 0 saturated heterocycles. The normalized spacial score (nSPS) is 13.0. The van der Waals surface area contributed by atoms with Gasteiger partial charge in [0.2, 0.25) is 0 Å². The minimum Gasteiger partial charge on any atom is -0.496 e. The van der Waals surface area contributed by atoms with Crippen LogP contribution in [0.15, 0.2) is 41.2 Å². The van der Waals surface area contributed by atoms with Gasteiger partial charge in [0.1, 0.15) is 22.8 Å². The zero-order chi connectivity index (χ0) is 31.7. The van der Waals surface area contributed by atoms with Crippen LogP contribution in [-0.2, 0) is 16.2 Å². The van der Waals surface area contributed by atoms with Gasteiger partial charge in [0.25, 0.3) is 5.56 Å². The van der Waals surface area contributed by atoms with Crippen LogP contribution in [0.4, 0.5) is 4.79 Å². The zero-order valence-electron chi connectivity index (χ0n) is 26.6. The first-order valence-corrected chi connectivity index (χ1v) is 19.5. The molecule has 1 N–H and O–H groups in total. The molecule has 1 amide bonds. The highest BCUT2D eigenvalue weighted by molar-refractivity contribution is 7.22. The maximum atomic E-state index is 13.8. The monoisotopic (exact) mass is 642 g/mol. The largest absolute Gasteiger partial charge is 0.496 e. The number of pyridine rings is 1. The summed E-state index contributed by atoms with van der Waals surface area (Å²) < 4.78 is 20.3. The topological polar surface area (TPSA) is 78.8 Å². The molecule has 2 aromatic carbocycles. The minimum absolute atomic E-state index is 0.0686. The van der Waals surface area contributed by atoms with E-state index in [4.69, 9.17) is 25.8 Å². The number of carbonyl (C=O) groups excluding carboxylic acids is 1. The number of hydrogen-bond acceptors (Lipinski definition) is 6. The van der Waals surface area contributed by atoms with E-state index < -0.39 is 19.8 Å². The van der Waals surface area contributed by atoms with Crippen molar-refractivity contribution < 1.29 is 19.0 Å². The number of aryl methyl sites for hydroxylation is 1. The van der Waals surface area contributed by atoms with Gasteiger partial charge < -0.3 is 19.5 Å². The van der Waals surface area contributed by atoms with Crippen molar-refractivity contribution >= 4 is 58.1 Å². The molecule has 4 rings (SSSR count). The summed E-state index contributed by atoms with van der Waals surface area (Å²) in [5.41, 5.74) is 4.00.